The Morgan fingerprint density at radius 3 is 2.52 bits per heavy atom. The molecule has 1 aliphatic carbocycles. The molecule has 2 fully saturated rings. The Morgan fingerprint density at radius 1 is 1.04 bits per heavy atom. The number of likely N-dealkylation sites (tertiary alicyclic amines) is 1. The van der Waals surface area contributed by atoms with E-state index in [1.54, 1.807) is 18.2 Å². The van der Waals surface area contributed by atoms with Crippen LogP contribution in [0.4, 0.5) is 0 Å². The molecule has 2 heterocycles. The van der Waals surface area contributed by atoms with E-state index in [0.29, 0.717) is 30.2 Å². The maximum Gasteiger partial charge on any atom is 0.253 e. The lowest BCUT2D eigenvalue weighted by Crippen LogP contribution is -2.46. The van der Waals surface area contributed by atoms with Crippen molar-refractivity contribution in [2.75, 3.05) is 19.9 Å². The van der Waals surface area contributed by atoms with E-state index in [9.17, 15) is 9.59 Å². The van der Waals surface area contributed by atoms with Gasteiger partial charge in [-0.05, 0) is 43.9 Å². The van der Waals surface area contributed by atoms with Crippen LogP contribution in [0.3, 0.4) is 0 Å². The fourth-order valence-electron chi connectivity index (χ4n) is 3.10. The predicted octanol–water partition coefficient (Wildman–Crippen LogP) is 1.55. The van der Waals surface area contributed by atoms with Gasteiger partial charge < -0.3 is 19.7 Å². The van der Waals surface area contributed by atoms with Gasteiger partial charge in [-0.2, -0.15) is 0 Å². The van der Waals surface area contributed by atoms with Gasteiger partial charge in [0.2, 0.25) is 12.7 Å². The normalized spacial score (nSPS) is 20.4. The van der Waals surface area contributed by atoms with Crippen LogP contribution >= 0.6 is 0 Å². The molecule has 1 saturated carbocycles. The number of piperidine rings is 1. The molecule has 3 aliphatic rings. The third kappa shape index (κ3) is 2.98. The molecule has 0 aromatic heterocycles. The van der Waals surface area contributed by atoms with Crippen LogP contribution in [0.15, 0.2) is 18.2 Å². The number of nitrogens with zero attached hydrogens (tertiary/aromatic N) is 1. The van der Waals surface area contributed by atoms with Crippen molar-refractivity contribution in [2.24, 2.45) is 5.92 Å². The standard InChI is InChI=1S/C17H20N2O4/c20-16(11-1-2-11)18-13-5-7-19(8-6-13)17(21)12-3-4-14-15(9-12)23-10-22-14/h3-4,9,11,13H,1-2,5-8,10H2,(H,18,20). The zero-order chi connectivity index (χ0) is 15.8. The van der Waals surface area contributed by atoms with Gasteiger partial charge >= 0.3 is 0 Å². The number of carbonyl (C=O) groups excluding carboxylic acids is 2. The fourth-order valence-corrected chi connectivity index (χ4v) is 3.10. The van der Waals surface area contributed by atoms with Crippen molar-refractivity contribution in [3.63, 3.8) is 0 Å². The molecule has 1 aromatic rings. The number of fused-ring (bicyclic) bond motifs is 1. The Morgan fingerprint density at radius 2 is 1.78 bits per heavy atom. The second-order valence-corrected chi connectivity index (χ2v) is 6.42. The van der Waals surface area contributed by atoms with Crippen LogP contribution in [-0.2, 0) is 4.79 Å². The van der Waals surface area contributed by atoms with E-state index in [1.165, 1.54) is 0 Å². The number of nitrogens with one attached hydrogen (secondary N) is 1. The summed E-state index contributed by atoms with van der Waals surface area (Å²) >= 11 is 0. The van der Waals surface area contributed by atoms with E-state index in [2.05, 4.69) is 5.32 Å². The molecule has 1 saturated heterocycles. The highest BCUT2D eigenvalue weighted by Crippen LogP contribution is 2.33. The predicted molar refractivity (Wildman–Crippen MR) is 82.4 cm³/mol. The summed E-state index contributed by atoms with van der Waals surface area (Å²) in [5.41, 5.74) is 0.620. The second-order valence-electron chi connectivity index (χ2n) is 6.42. The summed E-state index contributed by atoms with van der Waals surface area (Å²) in [7, 11) is 0. The van der Waals surface area contributed by atoms with Gasteiger partial charge in [-0.1, -0.05) is 0 Å². The smallest absolute Gasteiger partial charge is 0.253 e. The Labute approximate surface area is 134 Å². The molecule has 4 rings (SSSR count). The van der Waals surface area contributed by atoms with Gasteiger partial charge in [-0.3, -0.25) is 9.59 Å². The quantitative estimate of drug-likeness (QED) is 0.918. The number of hydrogen-bond donors (Lipinski definition) is 1. The SMILES string of the molecule is O=C(NC1CCN(C(=O)c2ccc3c(c2)OCO3)CC1)C1CC1. The minimum atomic E-state index is 0.00951. The van der Waals surface area contributed by atoms with E-state index in [-0.39, 0.29) is 30.6 Å². The van der Waals surface area contributed by atoms with Crippen LogP contribution < -0.4 is 14.8 Å². The summed E-state index contributed by atoms with van der Waals surface area (Å²) in [5, 5.41) is 3.10. The monoisotopic (exact) mass is 316 g/mol. The first-order chi connectivity index (χ1) is 11.2. The van der Waals surface area contributed by atoms with Gasteiger partial charge in [0.1, 0.15) is 0 Å². The van der Waals surface area contributed by atoms with E-state index < -0.39 is 0 Å². The minimum Gasteiger partial charge on any atom is -0.454 e. The Kier molecular flexibility index (Phi) is 3.59. The highest BCUT2D eigenvalue weighted by molar-refractivity contribution is 5.95. The minimum absolute atomic E-state index is 0.00951. The van der Waals surface area contributed by atoms with Crippen LogP contribution in [0.1, 0.15) is 36.0 Å². The largest absolute Gasteiger partial charge is 0.454 e. The molecule has 0 spiro atoms. The number of rotatable bonds is 3. The second kappa shape index (κ2) is 5.76. The molecule has 1 aromatic carbocycles. The Balaban J connectivity index is 1.34. The van der Waals surface area contributed by atoms with Crippen LogP contribution in [-0.4, -0.2) is 42.6 Å². The Hall–Kier alpha value is -2.24. The van der Waals surface area contributed by atoms with Crippen LogP contribution in [0, 0.1) is 5.92 Å². The van der Waals surface area contributed by atoms with Crippen LogP contribution in [0.25, 0.3) is 0 Å². The van der Waals surface area contributed by atoms with Crippen molar-refractivity contribution in [1.82, 2.24) is 10.2 Å². The highest BCUT2D eigenvalue weighted by atomic mass is 16.7. The number of carbonyl (C=O) groups is 2. The molecule has 2 aliphatic heterocycles. The number of hydrogen-bond acceptors (Lipinski definition) is 4. The topological polar surface area (TPSA) is 67.9 Å². The summed E-state index contributed by atoms with van der Waals surface area (Å²) in [5.74, 6) is 1.74. The summed E-state index contributed by atoms with van der Waals surface area (Å²) in [6, 6.07) is 5.49. The summed E-state index contributed by atoms with van der Waals surface area (Å²) in [6.45, 7) is 1.55. The molecule has 0 atom stereocenters. The first kappa shape index (κ1) is 14.4. The van der Waals surface area contributed by atoms with Crippen molar-refractivity contribution in [3.8, 4) is 11.5 Å². The molecule has 1 N–H and O–H groups in total. The lowest BCUT2D eigenvalue weighted by atomic mass is 10.0. The zero-order valence-corrected chi connectivity index (χ0v) is 12.9. The van der Waals surface area contributed by atoms with Gasteiger partial charge in [0, 0.05) is 30.6 Å². The van der Waals surface area contributed by atoms with Gasteiger partial charge in [0.25, 0.3) is 5.91 Å². The third-order valence-electron chi connectivity index (χ3n) is 4.70. The van der Waals surface area contributed by atoms with Crippen molar-refractivity contribution < 1.29 is 19.1 Å². The summed E-state index contributed by atoms with van der Waals surface area (Å²) in [6.07, 6.45) is 3.67. The fraction of sp³-hybridized carbons (Fsp3) is 0.529. The third-order valence-corrected chi connectivity index (χ3v) is 4.70. The van der Waals surface area contributed by atoms with Crippen molar-refractivity contribution in [3.05, 3.63) is 23.8 Å². The van der Waals surface area contributed by atoms with Gasteiger partial charge in [-0.15, -0.1) is 0 Å². The van der Waals surface area contributed by atoms with Crippen molar-refractivity contribution >= 4 is 11.8 Å². The molecule has 2 amide bonds. The molecule has 0 radical (unpaired) electrons. The molecular formula is C17H20N2O4. The van der Waals surface area contributed by atoms with Crippen molar-refractivity contribution in [2.45, 2.75) is 31.7 Å². The number of benzene rings is 1. The van der Waals surface area contributed by atoms with Gasteiger partial charge in [-0.25, -0.2) is 0 Å². The van der Waals surface area contributed by atoms with Gasteiger partial charge in [0.05, 0.1) is 0 Å². The maximum atomic E-state index is 12.6. The van der Waals surface area contributed by atoms with Crippen molar-refractivity contribution in [1.29, 1.82) is 0 Å². The maximum absolute atomic E-state index is 12.6. The lowest BCUT2D eigenvalue weighted by Gasteiger charge is -2.32. The average Bonchev–Trinajstić information content (AvgIpc) is 3.32. The first-order valence-electron chi connectivity index (χ1n) is 8.20. The molecule has 122 valence electrons. The lowest BCUT2D eigenvalue weighted by molar-refractivity contribution is -0.123. The Bertz CT molecular complexity index is 633. The van der Waals surface area contributed by atoms with E-state index in [0.717, 1.165) is 25.7 Å². The van der Waals surface area contributed by atoms with Gasteiger partial charge in [0.15, 0.2) is 11.5 Å². The zero-order valence-electron chi connectivity index (χ0n) is 12.9. The highest BCUT2D eigenvalue weighted by Gasteiger charge is 2.32. The average molecular weight is 316 g/mol. The molecule has 6 heteroatoms. The first-order valence-corrected chi connectivity index (χ1v) is 8.20. The van der Waals surface area contributed by atoms with E-state index >= 15 is 0 Å². The van der Waals surface area contributed by atoms with Crippen LogP contribution in [0.5, 0.6) is 11.5 Å². The molecule has 0 bridgehead atoms. The summed E-state index contributed by atoms with van der Waals surface area (Å²) in [4.78, 5) is 26.2. The molecule has 6 nitrogen and oxygen atoms in total. The molecule has 0 unspecified atom stereocenters. The molecular weight excluding hydrogens is 296 g/mol. The number of ether oxygens (including phenoxy) is 2. The summed E-state index contributed by atoms with van der Waals surface area (Å²) < 4.78 is 10.6. The van der Waals surface area contributed by atoms with Crippen LogP contribution in [0.2, 0.25) is 0 Å². The molecule has 23 heavy (non-hydrogen) atoms. The van der Waals surface area contributed by atoms with E-state index in [4.69, 9.17) is 9.47 Å². The van der Waals surface area contributed by atoms with E-state index in [1.807, 2.05) is 4.90 Å². The number of amides is 2.